The van der Waals surface area contributed by atoms with Crippen LogP contribution in [0, 0.1) is 0 Å². The first-order valence-corrected chi connectivity index (χ1v) is 6.56. The highest BCUT2D eigenvalue weighted by atomic mass is 79.9. The summed E-state index contributed by atoms with van der Waals surface area (Å²) in [6.45, 7) is 1.36. The zero-order chi connectivity index (χ0) is 10.9. The van der Waals surface area contributed by atoms with Crippen molar-refractivity contribution in [1.82, 2.24) is 0 Å². The fourth-order valence-corrected chi connectivity index (χ4v) is 3.30. The summed E-state index contributed by atoms with van der Waals surface area (Å²) in [4.78, 5) is 10.5. The number of aliphatic hydroxyl groups excluding tert-OH is 1. The highest BCUT2D eigenvalue weighted by Gasteiger charge is 2.37. The van der Waals surface area contributed by atoms with E-state index in [0.29, 0.717) is 4.48 Å². The first kappa shape index (κ1) is 12.7. The SMILES string of the molecule is CC(=O)O[C@@H]1C(Br)=C[C@@H](O)[C@H](Br)[C@H]1Br. The molecule has 1 aliphatic carbocycles. The van der Waals surface area contributed by atoms with Crippen LogP contribution in [-0.2, 0) is 9.53 Å². The van der Waals surface area contributed by atoms with Crippen LogP contribution in [0.1, 0.15) is 6.92 Å². The predicted molar refractivity (Wildman–Crippen MR) is 64.0 cm³/mol. The van der Waals surface area contributed by atoms with Gasteiger partial charge in [-0.15, -0.1) is 0 Å². The van der Waals surface area contributed by atoms with Gasteiger partial charge in [0.25, 0.3) is 0 Å². The number of carbonyl (C=O) groups excluding carboxylic acids is 1. The van der Waals surface area contributed by atoms with E-state index in [9.17, 15) is 9.90 Å². The van der Waals surface area contributed by atoms with Crippen molar-refractivity contribution >= 4 is 53.8 Å². The minimum absolute atomic E-state index is 0.152. The molecule has 6 heteroatoms. The number of ether oxygens (including phenoxy) is 1. The Kier molecular flexibility index (Phi) is 4.61. The second kappa shape index (κ2) is 5.09. The van der Waals surface area contributed by atoms with Gasteiger partial charge in [0.1, 0.15) is 6.10 Å². The van der Waals surface area contributed by atoms with Crippen molar-refractivity contribution < 1.29 is 14.6 Å². The number of hydrogen-bond donors (Lipinski definition) is 1. The molecular formula is C8H9Br3O3. The van der Waals surface area contributed by atoms with Crippen molar-refractivity contribution in [2.75, 3.05) is 0 Å². The van der Waals surface area contributed by atoms with Crippen LogP contribution in [-0.4, -0.2) is 32.9 Å². The van der Waals surface area contributed by atoms with E-state index >= 15 is 0 Å². The molecule has 0 aromatic carbocycles. The topological polar surface area (TPSA) is 46.5 Å². The molecule has 0 aromatic rings. The predicted octanol–water partition coefficient (Wildman–Crippen LogP) is 2.10. The lowest BCUT2D eigenvalue weighted by Gasteiger charge is -2.32. The summed E-state index contributed by atoms with van der Waals surface area (Å²) < 4.78 is 5.77. The molecule has 0 aromatic heterocycles. The van der Waals surface area contributed by atoms with Gasteiger partial charge in [0.15, 0.2) is 0 Å². The molecule has 0 fully saturated rings. The van der Waals surface area contributed by atoms with Crippen LogP contribution in [0.15, 0.2) is 10.6 Å². The fraction of sp³-hybridized carbons (Fsp3) is 0.625. The van der Waals surface area contributed by atoms with E-state index in [0.717, 1.165) is 0 Å². The number of aliphatic hydroxyl groups is 1. The van der Waals surface area contributed by atoms with Crippen molar-refractivity contribution in [3.8, 4) is 0 Å². The minimum Gasteiger partial charge on any atom is -0.456 e. The Labute approximate surface area is 107 Å². The Hall–Kier alpha value is 0.610. The Morgan fingerprint density at radius 3 is 2.57 bits per heavy atom. The molecule has 80 valence electrons. The third-order valence-electron chi connectivity index (χ3n) is 1.81. The Morgan fingerprint density at radius 1 is 1.50 bits per heavy atom. The third-order valence-corrected chi connectivity index (χ3v) is 5.40. The van der Waals surface area contributed by atoms with Crippen LogP contribution in [0.25, 0.3) is 0 Å². The average Bonchev–Trinajstić information content (AvgIpc) is 2.09. The van der Waals surface area contributed by atoms with Crippen molar-refractivity contribution in [1.29, 1.82) is 0 Å². The quantitative estimate of drug-likeness (QED) is 0.549. The van der Waals surface area contributed by atoms with Crippen molar-refractivity contribution in [2.24, 2.45) is 0 Å². The molecule has 14 heavy (non-hydrogen) atoms. The van der Waals surface area contributed by atoms with Gasteiger partial charge in [-0.3, -0.25) is 4.79 Å². The van der Waals surface area contributed by atoms with Gasteiger partial charge in [0.2, 0.25) is 0 Å². The Bertz CT molecular complexity index is 267. The lowest BCUT2D eigenvalue weighted by atomic mass is 10.0. The maximum Gasteiger partial charge on any atom is 0.303 e. The standard InChI is InChI=1S/C8H9Br3O3/c1-3(12)14-8-4(9)2-5(13)6(10)7(8)11/h2,5-8,13H,1H3/t5-,6+,7-,8-/m1/s1. The molecule has 1 aliphatic rings. The number of rotatable bonds is 1. The molecule has 1 N–H and O–H groups in total. The van der Waals surface area contributed by atoms with E-state index in [2.05, 4.69) is 47.8 Å². The van der Waals surface area contributed by atoms with Gasteiger partial charge in [0.05, 0.1) is 15.8 Å². The molecule has 0 unspecified atom stereocenters. The molecule has 0 saturated heterocycles. The number of halogens is 3. The van der Waals surface area contributed by atoms with E-state index in [-0.39, 0.29) is 21.7 Å². The summed E-state index contributed by atoms with van der Waals surface area (Å²) in [6, 6.07) is 0. The first-order chi connectivity index (χ1) is 6.43. The molecule has 0 bridgehead atoms. The van der Waals surface area contributed by atoms with Gasteiger partial charge in [0, 0.05) is 11.4 Å². The van der Waals surface area contributed by atoms with E-state index < -0.39 is 6.10 Å². The molecular weight excluding hydrogens is 384 g/mol. The number of esters is 1. The summed E-state index contributed by atoms with van der Waals surface area (Å²) in [5.41, 5.74) is 0. The summed E-state index contributed by atoms with van der Waals surface area (Å²) in [6.07, 6.45) is 0.631. The van der Waals surface area contributed by atoms with Gasteiger partial charge in [-0.05, 0) is 6.08 Å². The highest BCUT2D eigenvalue weighted by molar-refractivity contribution is 9.12. The van der Waals surface area contributed by atoms with Crippen LogP contribution in [0.5, 0.6) is 0 Å². The number of alkyl halides is 2. The van der Waals surface area contributed by atoms with E-state index in [1.807, 2.05) is 0 Å². The molecule has 0 saturated carbocycles. The zero-order valence-electron chi connectivity index (χ0n) is 7.28. The van der Waals surface area contributed by atoms with Crippen molar-refractivity contribution in [3.05, 3.63) is 10.6 Å². The lowest BCUT2D eigenvalue weighted by molar-refractivity contribution is -0.144. The summed E-state index contributed by atoms with van der Waals surface area (Å²) >= 11 is 9.96. The lowest BCUT2D eigenvalue weighted by Crippen LogP contribution is -2.42. The van der Waals surface area contributed by atoms with E-state index in [4.69, 9.17) is 4.74 Å². The maximum atomic E-state index is 10.8. The number of carbonyl (C=O) groups is 1. The minimum atomic E-state index is -0.597. The maximum absolute atomic E-state index is 10.8. The van der Waals surface area contributed by atoms with Crippen molar-refractivity contribution in [2.45, 2.75) is 28.8 Å². The van der Waals surface area contributed by atoms with Gasteiger partial charge in [-0.2, -0.15) is 0 Å². The molecule has 1 rings (SSSR count). The molecule has 0 aliphatic heterocycles. The monoisotopic (exact) mass is 390 g/mol. The van der Waals surface area contributed by atoms with Gasteiger partial charge < -0.3 is 9.84 Å². The number of hydrogen-bond acceptors (Lipinski definition) is 3. The summed E-state index contributed by atoms with van der Waals surface area (Å²) in [5, 5.41) is 9.55. The third kappa shape index (κ3) is 2.81. The van der Waals surface area contributed by atoms with Crippen LogP contribution in [0.3, 0.4) is 0 Å². The molecule has 0 heterocycles. The largest absolute Gasteiger partial charge is 0.456 e. The normalized spacial score (nSPS) is 37.6. The van der Waals surface area contributed by atoms with E-state index in [1.54, 1.807) is 6.08 Å². The van der Waals surface area contributed by atoms with Gasteiger partial charge in [-0.1, -0.05) is 47.8 Å². The fourth-order valence-electron chi connectivity index (χ4n) is 1.16. The van der Waals surface area contributed by atoms with Gasteiger partial charge in [-0.25, -0.2) is 0 Å². The van der Waals surface area contributed by atoms with Crippen LogP contribution >= 0.6 is 47.8 Å². The van der Waals surface area contributed by atoms with Gasteiger partial charge >= 0.3 is 5.97 Å². The van der Waals surface area contributed by atoms with E-state index in [1.165, 1.54) is 6.92 Å². The molecule has 4 atom stereocenters. The van der Waals surface area contributed by atoms with Crippen LogP contribution in [0.4, 0.5) is 0 Å². The second-order valence-corrected chi connectivity index (χ2v) is 5.99. The molecule has 0 amide bonds. The Morgan fingerprint density at radius 2 is 2.07 bits per heavy atom. The zero-order valence-corrected chi connectivity index (χ0v) is 12.0. The van der Waals surface area contributed by atoms with Crippen LogP contribution < -0.4 is 0 Å². The smallest absolute Gasteiger partial charge is 0.303 e. The van der Waals surface area contributed by atoms with Crippen LogP contribution in [0.2, 0.25) is 0 Å². The average molecular weight is 393 g/mol. The second-order valence-electron chi connectivity index (χ2n) is 2.96. The summed E-state index contributed by atoms with van der Waals surface area (Å²) in [5.74, 6) is -0.346. The molecule has 3 nitrogen and oxygen atoms in total. The molecule has 0 radical (unpaired) electrons. The van der Waals surface area contributed by atoms with Crippen molar-refractivity contribution in [3.63, 3.8) is 0 Å². The summed E-state index contributed by atoms with van der Waals surface area (Å²) in [7, 11) is 0. The molecule has 0 spiro atoms. The first-order valence-electron chi connectivity index (χ1n) is 3.94. The Balaban J connectivity index is 2.83. The highest BCUT2D eigenvalue weighted by Crippen LogP contribution is 2.34.